The van der Waals surface area contributed by atoms with Crippen LogP contribution in [-0.2, 0) is 11.3 Å². The fraction of sp³-hybridized carbons (Fsp3) is 0.519. The van der Waals surface area contributed by atoms with Crippen LogP contribution < -0.4 is 15.4 Å². The number of rotatable bonds is 8. The van der Waals surface area contributed by atoms with Gasteiger partial charge in [-0.15, -0.1) is 11.3 Å². The van der Waals surface area contributed by atoms with Crippen LogP contribution in [0.2, 0.25) is 0 Å². The summed E-state index contributed by atoms with van der Waals surface area (Å²) in [6.45, 7) is 3.35. The molecule has 2 aliphatic rings. The van der Waals surface area contributed by atoms with Crippen LogP contribution in [0.15, 0.2) is 34.2 Å². The minimum atomic E-state index is -0.0550. The number of nitrogens with one attached hydrogen (secondary N) is 2. The maximum atomic E-state index is 13.7. The number of hydrogen-bond acceptors (Lipinski definition) is 5. The Morgan fingerprint density at radius 3 is 2.58 bits per heavy atom. The van der Waals surface area contributed by atoms with Gasteiger partial charge in [0.1, 0.15) is 11.4 Å². The molecule has 2 saturated carbocycles. The van der Waals surface area contributed by atoms with E-state index < -0.39 is 0 Å². The molecule has 2 unspecified atom stereocenters. The molecule has 2 aromatic heterocycles. The Morgan fingerprint density at radius 2 is 1.92 bits per heavy atom. The lowest BCUT2D eigenvalue weighted by molar-refractivity contribution is -0.128. The first-order chi connectivity index (χ1) is 17.5. The molecule has 1 aromatic carbocycles. The number of methoxy groups -OCH3 is 1. The number of benzene rings is 1. The lowest BCUT2D eigenvalue weighted by Crippen LogP contribution is -2.53. The maximum Gasteiger partial charge on any atom is 0.268 e. The number of nitrogens with zero attached hydrogens (tertiary/aromatic N) is 2. The summed E-state index contributed by atoms with van der Waals surface area (Å²) in [6, 6.07) is 9.97. The number of amides is 2. The monoisotopic (exact) mass is 572 g/mol. The number of carbonyl (C=O) groups is 2. The number of thiazole rings is 1. The van der Waals surface area contributed by atoms with Gasteiger partial charge in [-0.2, -0.15) is 0 Å². The van der Waals surface area contributed by atoms with Gasteiger partial charge in [0.25, 0.3) is 5.91 Å². The van der Waals surface area contributed by atoms with Gasteiger partial charge < -0.3 is 19.9 Å². The van der Waals surface area contributed by atoms with Gasteiger partial charge in [-0.3, -0.25) is 9.59 Å². The zero-order valence-electron chi connectivity index (χ0n) is 20.8. The van der Waals surface area contributed by atoms with Gasteiger partial charge in [-0.1, -0.05) is 25.5 Å². The number of aromatic nitrogens is 2. The molecule has 36 heavy (non-hydrogen) atoms. The summed E-state index contributed by atoms with van der Waals surface area (Å²) in [5, 5.41) is 6.48. The molecule has 5 rings (SSSR count). The maximum absolute atomic E-state index is 13.7. The van der Waals surface area contributed by atoms with Crippen LogP contribution in [0.3, 0.4) is 0 Å². The minimum Gasteiger partial charge on any atom is -0.497 e. The average molecular weight is 574 g/mol. The molecule has 2 heterocycles. The number of carbonyl (C=O) groups excluding carboxylic acids is 2. The Kier molecular flexibility index (Phi) is 7.67. The average Bonchev–Trinajstić information content (AvgIpc) is 3.39. The van der Waals surface area contributed by atoms with Crippen LogP contribution in [0.5, 0.6) is 5.75 Å². The SMILES string of the molecule is CCCNC(=O)C1CC2CCCC(C1)C2NC(=O)c1cc2sc(Br)nc2n1Cc1ccc(OC)cc1. The third-order valence-electron chi connectivity index (χ3n) is 7.71. The van der Waals surface area contributed by atoms with E-state index in [9.17, 15) is 9.59 Å². The van der Waals surface area contributed by atoms with Crippen molar-refractivity contribution >= 4 is 49.4 Å². The minimum absolute atomic E-state index is 0.0550. The van der Waals surface area contributed by atoms with Gasteiger partial charge in [0.2, 0.25) is 5.91 Å². The van der Waals surface area contributed by atoms with E-state index in [4.69, 9.17) is 4.74 Å². The highest BCUT2D eigenvalue weighted by Crippen LogP contribution is 2.43. The number of halogens is 1. The van der Waals surface area contributed by atoms with E-state index in [1.165, 1.54) is 17.8 Å². The third-order valence-corrected chi connectivity index (χ3v) is 9.16. The second-order valence-electron chi connectivity index (χ2n) is 10.0. The predicted octanol–water partition coefficient (Wildman–Crippen LogP) is 5.37. The Hall–Kier alpha value is -2.39. The van der Waals surface area contributed by atoms with Crippen molar-refractivity contribution in [3.8, 4) is 5.75 Å². The van der Waals surface area contributed by atoms with E-state index in [0.717, 1.165) is 64.2 Å². The summed E-state index contributed by atoms with van der Waals surface area (Å²) < 4.78 is 9.08. The predicted molar refractivity (Wildman–Crippen MR) is 146 cm³/mol. The Labute approximate surface area is 224 Å². The summed E-state index contributed by atoms with van der Waals surface area (Å²) in [6.07, 6.45) is 5.96. The molecular formula is C27H33BrN4O3S. The second-order valence-corrected chi connectivity index (χ2v) is 12.3. The van der Waals surface area contributed by atoms with E-state index in [2.05, 4.69) is 38.5 Å². The molecule has 192 valence electrons. The first-order valence-electron chi connectivity index (χ1n) is 12.8. The first kappa shape index (κ1) is 25.3. The normalized spacial score (nSPS) is 23.4. The van der Waals surface area contributed by atoms with Crippen molar-refractivity contribution in [2.24, 2.45) is 17.8 Å². The zero-order valence-corrected chi connectivity index (χ0v) is 23.2. The van der Waals surface area contributed by atoms with E-state index in [1.807, 2.05) is 34.9 Å². The van der Waals surface area contributed by atoms with E-state index in [-0.39, 0.29) is 23.8 Å². The van der Waals surface area contributed by atoms with Crippen LogP contribution in [0.25, 0.3) is 10.3 Å². The van der Waals surface area contributed by atoms with Gasteiger partial charge in [0.15, 0.2) is 9.56 Å². The molecule has 9 heteroatoms. The lowest BCUT2D eigenvalue weighted by atomic mass is 9.64. The first-order valence-corrected chi connectivity index (χ1v) is 14.4. The molecule has 0 saturated heterocycles. The molecule has 3 aromatic rings. The smallest absolute Gasteiger partial charge is 0.268 e. The van der Waals surface area contributed by atoms with Crippen molar-refractivity contribution in [2.75, 3.05) is 13.7 Å². The third kappa shape index (κ3) is 5.18. The molecular weight excluding hydrogens is 540 g/mol. The van der Waals surface area contributed by atoms with Crippen LogP contribution in [-0.4, -0.2) is 41.1 Å². The van der Waals surface area contributed by atoms with E-state index in [0.29, 0.717) is 24.1 Å². The molecule has 2 bridgehead atoms. The van der Waals surface area contributed by atoms with Crippen LogP contribution in [0.4, 0.5) is 0 Å². The second kappa shape index (κ2) is 10.9. The topological polar surface area (TPSA) is 85.3 Å². The van der Waals surface area contributed by atoms with E-state index >= 15 is 0 Å². The van der Waals surface area contributed by atoms with Crippen molar-refractivity contribution in [2.45, 2.75) is 58.0 Å². The highest BCUT2D eigenvalue weighted by atomic mass is 79.9. The molecule has 0 radical (unpaired) electrons. The number of fused-ring (bicyclic) bond motifs is 3. The fourth-order valence-corrected chi connectivity index (χ4v) is 7.40. The molecule has 0 aliphatic heterocycles. The Balaban J connectivity index is 1.36. The number of hydrogen-bond donors (Lipinski definition) is 2. The summed E-state index contributed by atoms with van der Waals surface area (Å²) in [5.41, 5.74) is 2.51. The molecule has 0 spiro atoms. The van der Waals surface area contributed by atoms with Crippen LogP contribution in [0, 0.1) is 17.8 Å². The highest BCUT2D eigenvalue weighted by Gasteiger charge is 2.43. The van der Waals surface area contributed by atoms with Gasteiger partial charge in [0.05, 0.1) is 11.8 Å². The standard InChI is InChI=1S/C27H33BrN4O3S/c1-3-11-29-25(33)19-12-17-5-4-6-18(13-19)23(17)30-26(34)21-14-22-24(31-27(28)36-22)32(21)15-16-7-9-20(35-2)10-8-16/h7-10,14,17-19,23H,3-6,11-13,15H2,1-2H3,(H,29,33)(H,30,34). The van der Waals surface area contributed by atoms with Gasteiger partial charge in [-0.25, -0.2) is 4.98 Å². The molecule has 2 aliphatic carbocycles. The zero-order chi connectivity index (χ0) is 25.2. The Morgan fingerprint density at radius 1 is 1.19 bits per heavy atom. The van der Waals surface area contributed by atoms with Gasteiger partial charge in [-0.05, 0) is 83.6 Å². The fourth-order valence-electron chi connectivity index (χ4n) is 5.97. The van der Waals surface area contributed by atoms with Crippen molar-refractivity contribution in [1.29, 1.82) is 0 Å². The van der Waals surface area contributed by atoms with Crippen molar-refractivity contribution < 1.29 is 14.3 Å². The number of ether oxygens (including phenoxy) is 1. The summed E-state index contributed by atoms with van der Waals surface area (Å²) >= 11 is 5.03. The summed E-state index contributed by atoms with van der Waals surface area (Å²) in [4.78, 5) is 31.0. The van der Waals surface area contributed by atoms with Crippen molar-refractivity contribution in [3.05, 3.63) is 45.5 Å². The quantitative estimate of drug-likeness (QED) is 0.380. The molecule has 7 nitrogen and oxygen atoms in total. The molecule has 2 amide bonds. The molecule has 2 atom stereocenters. The Bertz CT molecular complexity index is 1220. The lowest BCUT2D eigenvalue weighted by Gasteiger charge is -2.45. The summed E-state index contributed by atoms with van der Waals surface area (Å²) in [5.74, 6) is 1.68. The van der Waals surface area contributed by atoms with Gasteiger partial charge >= 0.3 is 0 Å². The highest BCUT2D eigenvalue weighted by molar-refractivity contribution is 9.11. The summed E-state index contributed by atoms with van der Waals surface area (Å²) in [7, 11) is 1.65. The molecule has 2 N–H and O–H groups in total. The van der Waals surface area contributed by atoms with Crippen molar-refractivity contribution in [3.63, 3.8) is 0 Å². The molecule has 2 fully saturated rings. The van der Waals surface area contributed by atoms with Crippen molar-refractivity contribution in [1.82, 2.24) is 20.2 Å². The largest absolute Gasteiger partial charge is 0.497 e. The van der Waals surface area contributed by atoms with Crippen LogP contribution >= 0.6 is 27.3 Å². The van der Waals surface area contributed by atoms with Gasteiger partial charge in [0, 0.05) is 25.0 Å². The van der Waals surface area contributed by atoms with E-state index in [1.54, 1.807) is 7.11 Å². The van der Waals surface area contributed by atoms with Crippen LogP contribution in [0.1, 0.15) is 61.5 Å².